The molecule has 0 spiro atoms. The maximum absolute atomic E-state index is 14.2. The number of nitrogens with one attached hydrogen (secondary N) is 1. The Morgan fingerprint density at radius 2 is 0.789 bits per heavy atom. The fourth-order valence-corrected chi connectivity index (χ4v) is 10.5. The molecule has 6 heteroatoms. The van der Waals surface area contributed by atoms with Crippen LogP contribution in [0.25, 0.3) is 108 Å². The highest BCUT2D eigenvalue weighted by atomic mass is 16.2. The molecule has 1 heterocycles. The lowest BCUT2D eigenvalue weighted by Gasteiger charge is -2.23. The molecule has 12 aromatic carbocycles. The van der Waals surface area contributed by atoms with Crippen LogP contribution in [0, 0.1) is 0 Å². The smallest absolute Gasteiger partial charge is 0.258 e. The molecule has 0 radical (unpaired) electrons. The van der Waals surface area contributed by atoms with Gasteiger partial charge >= 0.3 is 0 Å². The molecule has 0 fully saturated rings. The van der Waals surface area contributed by atoms with E-state index in [-0.39, 0.29) is 17.7 Å². The molecule has 12 aromatic rings. The number of aldehydes is 1. The lowest BCUT2D eigenvalue weighted by atomic mass is 9.80. The summed E-state index contributed by atoms with van der Waals surface area (Å²) < 4.78 is 0. The third-order valence-corrected chi connectivity index (χ3v) is 12.9. The van der Waals surface area contributed by atoms with Crippen LogP contribution in [-0.2, 0) is 0 Å². The van der Waals surface area contributed by atoms with Crippen molar-refractivity contribution >= 4 is 137 Å². The second kappa shape index (κ2) is 10.3. The van der Waals surface area contributed by atoms with Gasteiger partial charge in [-0.15, -0.1) is 0 Å². The van der Waals surface area contributed by atoms with Gasteiger partial charge in [0.1, 0.15) is 0 Å². The van der Waals surface area contributed by atoms with Crippen molar-refractivity contribution in [2.75, 3.05) is 11.9 Å². The topological polar surface area (TPSA) is 83.6 Å². The minimum atomic E-state index is -0.364. The number of hydrogen-bond acceptors (Lipinski definition) is 4. The van der Waals surface area contributed by atoms with Gasteiger partial charge in [0.15, 0.2) is 6.29 Å². The van der Waals surface area contributed by atoms with Crippen LogP contribution in [0.5, 0.6) is 0 Å². The highest BCUT2D eigenvalue weighted by Gasteiger charge is 2.29. The van der Waals surface area contributed by atoms with Crippen LogP contribution in [-0.4, -0.2) is 31.1 Å². The fourth-order valence-electron chi connectivity index (χ4n) is 10.5. The Morgan fingerprint density at radius 3 is 1.21 bits per heavy atom. The molecule has 3 amide bonds. The summed E-state index contributed by atoms with van der Waals surface area (Å²) in [7, 11) is 1.77. The van der Waals surface area contributed by atoms with E-state index in [9.17, 15) is 19.2 Å². The number of carbonyl (C=O) groups excluding carboxylic acids is 4. The van der Waals surface area contributed by atoms with Crippen molar-refractivity contribution in [1.29, 1.82) is 0 Å². The molecule has 1 N–H and O–H groups in total. The van der Waals surface area contributed by atoms with Crippen LogP contribution in [0.1, 0.15) is 41.4 Å². The minimum absolute atomic E-state index is 0.178. The van der Waals surface area contributed by atoms with E-state index in [4.69, 9.17) is 0 Å². The van der Waals surface area contributed by atoms with E-state index in [0.717, 1.165) is 98.2 Å². The minimum Gasteiger partial charge on any atom is -0.311 e. The monoisotopic (exact) mass is 730 g/mol. The molecule has 0 atom stereocenters. The van der Waals surface area contributed by atoms with Gasteiger partial charge in [-0.2, -0.15) is 0 Å². The number of rotatable bonds is 3. The third-order valence-electron chi connectivity index (χ3n) is 12.9. The number of amides is 3. The first-order chi connectivity index (χ1) is 27.9. The molecule has 0 aromatic heterocycles. The van der Waals surface area contributed by atoms with Crippen molar-refractivity contribution in [2.45, 2.75) is 0 Å². The van der Waals surface area contributed by atoms with E-state index in [1.807, 2.05) is 78.9 Å². The van der Waals surface area contributed by atoms with Gasteiger partial charge < -0.3 is 4.90 Å². The van der Waals surface area contributed by atoms with E-state index in [1.54, 1.807) is 11.9 Å². The van der Waals surface area contributed by atoms with E-state index < -0.39 is 0 Å². The first kappa shape index (κ1) is 30.6. The van der Waals surface area contributed by atoms with Crippen LogP contribution in [0.15, 0.2) is 127 Å². The van der Waals surface area contributed by atoms with Crippen molar-refractivity contribution in [3.05, 3.63) is 150 Å². The molecule has 6 nitrogen and oxygen atoms in total. The van der Waals surface area contributed by atoms with Gasteiger partial charge in [-0.25, -0.2) is 0 Å². The Bertz CT molecular complexity index is 3700. The highest BCUT2D eigenvalue weighted by Crippen LogP contribution is 2.51. The summed E-state index contributed by atoms with van der Waals surface area (Å²) in [4.78, 5) is 54.4. The summed E-state index contributed by atoms with van der Waals surface area (Å²) in [6.45, 7) is 0. The van der Waals surface area contributed by atoms with Crippen molar-refractivity contribution in [3.8, 4) is 0 Å². The second-order valence-corrected chi connectivity index (χ2v) is 15.4. The van der Waals surface area contributed by atoms with Gasteiger partial charge in [0.05, 0.1) is 0 Å². The lowest BCUT2D eigenvalue weighted by molar-refractivity contribution is 0.0843. The molecule has 264 valence electrons. The van der Waals surface area contributed by atoms with E-state index >= 15 is 0 Å². The van der Waals surface area contributed by atoms with Crippen LogP contribution < -0.4 is 10.2 Å². The predicted octanol–water partition coefficient (Wildman–Crippen LogP) is 11.5. The summed E-state index contributed by atoms with van der Waals surface area (Å²) in [6, 6.07) is 42.8. The summed E-state index contributed by atoms with van der Waals surface area (Å²) in [5.41, 5.74) is 2.80. The second-order valence-electron chi connectivity index (χ2n) is 15.4. The molecule has 1 aliphatic rings. The van der Waals surface area contributed by atoms with Gasteiger partial charge in [-0.3, -0.25) is 24.5 Å². The maximum Gasteiger partial charge on any atom is 0.258 e. The average molecular weight is 731 g/mol. The van der Waals surface area contributed by atoms with E-state index in [1.165, 1.54) is 16.2 Å². The Hall–Kier alpha value is -7.70. The Labute approximate surface area is 322 Å². The average Bonchev–Trinajstić information content (AvgIpc) is 3.25. The van der Waals surface area contributed by atoms with Gasteiger partial charge in [0.2, 0.25) is 0 Å². The summed E-state index contributed by atoms with van der Waals surface area (Å²) >= 11 is 0. The highest BCUT2D eigenvalue weighted by molar-refractivity contribution is 6.47. The van der Waals surface area contributed by atoms with Crippen molar-refractivity contribution < 1.29 is 19.2 Å². The molecule has 0 unspecified atom stereocenters. The number of anilines is 1. The molecular formula is C51H26N2O4. The molecule has 13 rings (SSSR count). The largest absolute Gasteiger partial charge is 0.311 e. The van der Waals surface area contributed by atoms with E-state index in [2.05, 4.69) is 53.8 Å². The van der Waals surface area contributed by atoms with Crippen LogP contribution in [0.2, 0.25) is 0 Å². The number of carbonyl (C=O) groups is 4. The zero-order chi connectivity index (χ0) is 38.0. The maximum atomic E-state index is 14.2. The summed E-state index contributed by atoms with van der Waals surface area (Å²) in [5.74, 6) is -0.907. The van der Waals surface area contributed by atoms with Gasteiger partial charge in [-0.1, -0.05) is 97.1 Å². The quantitative estimate of drug-likeness (QED) is 0.0849. The first-order valence-corrected chi connectivity index (χ1v) is 19.0. The predicted molar refractivity (Wildman–Crippen MR) is 231 cm³/mol. The van der Waals surface area contributed by atoms with Gasteiger partial charge in [-0.05, 0) is 127 Å². The third kappa shape index (κ3) is 3.57. The van der Waals surface area contributed by atoms with E-state index in [0.29, 0.717) is 27.6 Å². The zero-order valence-corrected chi connectivity index (χ0v) is 30.3. The lowest BCUT2D eigenvalue weighted by Crippen LogP contribution is -2.34. The van der Waals surface area contributed by atoms with Crippen LogP contribution >= 0.6 is 0 Å². The van der Waals surface area contributed by atoms with Crippen molar-refractivity contribution in [2.24, 2.45) is 0 Å². The Balaban J connectivity index is 1.14. The summed E-state index contributed by atoms with van der Waals surface area (Å²) in [5, 5.41) is 23.4. The normalized spacial score (nSPS) is 13.4. The Morgan fingerprint density at radius 1 is 0.439 bits per heavy atom. The van der Waals surface area contributed by atoms with Crippen molar-refractivity contribution in [3.63, 3.8) is 0 Å². The molecule has 0 saturated carbocycles. The molecule has 1 aliphatic heterocycles. The standard InChI is InChI=1S/C51H26N2O4/c1-53(25-5-3-2-4-6-25)51(57)40-22-19-27-29-10-12-31-33-14-16-35-37-18-21-39-48-38(49(55)52-50(39)56)20-17-36(47(37)48)34-15-13-32(45(33)46(34)35)30-11-9-28(43(29)44(30)31)26-8-7-24(23-54)41(40)42(26)27/h2-23H,1H3,(H,52,55,56). The SMILES string of the molecule is CN(C(=O)c1ccc2c3ccc4c5ccc6c7ccc8c9c(ccc(c%10ccc(c%11ccc(c%12ccc(C=O)c1c%122)c3c%114)c5c%106)c97)C(=O)NC8=O)c1ccccc1. The van der Waals surface area contributed by atoms with Crippen molar-refractivity contribution in [1.82, 2.24) is 5.32 Å². The number of nitrogens with zero attached hydrogens (tertiary/aromatic N) is 1. The number of imide groups is 1. The number of fused-ring (bicyclic) bond motifs is 6. The Kier molecular flexibility index (Phi) is 5.54. The zero-order valence-electron chi connectivity index (χ0n) is 30.3. The molecule has 0 bridgehead atoms. The summed E-state index contributed by atoms with van der Waals surface area (Å²) in [6.07, 6.45) is 0.856. The molecule has 0 aliphatic carbocycles. The number of benzene rings is 12. The molecule has 57 heavy (non-hydrogen) atoms. The molecule has 0 saturated heterocycles. The van der Waals surface area contributed by atoms with Crippen LogP contribution in [0.4, 0.5) is 5.69 Å². The molecular weight excluding hydrogens is 705 g/mol. The van der Waals surface area contributed by atoms with Gasteiger partial charge in [0.25, 0.3) is 17.7 Å². The fraction of sp³-hybridized carbons (Fsp3) is 0.0196. The van der Waals surface area contributed by atoms with Crippen LogP contribution in [0.3, 0.4) is 0 Å². The number of hydrogen-bond donors (Lipinski definition) is 1. The van der Waals surface area contributed by atoms with Gasteiger partial charge in [0, 0.05) is 45.8 Å². The first-order valence-electron chi connectivity index (χ1n) is 19.0. The number of para-hydroxylation sites is 1.